The van der Waals surface area contributed by atoms with Gasteiger partial charge in [-0.3, -0.25) is 4.79 Å². The van der Waals surface area contributed by atoms with E-state index < -0.39 is 0 Å². The zero-order valence-electron chi connectivity index (χ0n) is 18.7. The third-order valence-corrected chi connectivity index (χ3v) is 5.61. The molecule has 0 aliphatic heterocycles. The zero-order chi connectivity index (χ0) is 22.7. The van der Waals surface area contributed by atoms with Crippen molar-refractivity contribution in [2.45, 2.75) is 39.7 Å². The summed E-state index contributed by atoms with van der Waals surface area (Å²) in [5.41, 5.74) is 4.66. The van der Waals surface area contributed by atoms with Gasteiger partial charge in [0.15, 0.2) is 0 Å². The molecule has 1 amide bonds. The maximum absolute atomic E-state index is 13.5. The highest BCUT2D eigenvalue weighted by Gasteiger charge is 2.20. The molecule has 0 spiro atoms. The quantitative estimate of drug-likeness (QED) is 0.382. The minimum absolute atomic E-state index is 0.0115. The number of para-hydroxylation sites is 2. The molecule has 0 bridgehead atoms. The van der Waals surface area contributed by atoms with Crippen LogP contribution in [0.15, 0.2) is 72.8 Å². The van der Waals surface area contributed by atoms with E-state index in [0.29, 0.717) is 11.6 Å². The summed E-state index contributed by atoms with van der Waals surface area (Å²) in [5, 5.41) is 2.79. The number of nitrogens with zero attached hydrogens (tertiary/aromatic N) is 2. The lowest BCUT2D eigenvalue weighted by Crippen LogP contribution is -2.21. The number of amides is 1. The van der Waals surface area contributed by atoms with E-state index in [-0.39, 0.29) is 24.2 Å². The van der Waals surface area contributed by atoms with E-state index in [1.54, 1.807) is 12.1 Å². The van der Waals surface area contributed by atoms with Crippen LogP contribution in [0, 0.1) is 11.7 Å². The van der Waals surface area contributed by atoms with Crippen molar-refractivity contribution < 1.29 is 9.18 Å². The number of fused-ring (bicyclic) bond motifs is 1. The fraction of sp³-hybridized carbons (Fsp3) is 0.259. The van der Waals surface area contributed by atoms with Crippen molar-refractivity contribution in [2.75, 3.05) is 5.32 Å². The van der Waals surface area contributed by atoms with Crippen molar-refractivity contribution in [2.24, 2.45) is 5.92 Å². The van der Waals surface area contributed by atoms with Crippen LogP contribution in [0.2, 0.25) is 0 Å². The average molecular weight is 430 g/mol. The average Bonchev–Trinajstić information content (AvgIpc) is 3.12. The summed E-state index contributed by atoms with van der Waals surface area (Å²) in [6.07, 6.45) is 1.05. The lowest BCUT2D eigenvalue weighted by molar-refractivity contribution is -0.116. The highest BCUT2D eigenvalue weighted by atomic mass is 19.1. The molecular weight excluding hydrogens is 401 g/mol. The number of halogens is 1. The number of hydrogen-bond acceptors (Lipinski definition) is 2. The van der Waals surface area contributed by atoms with Crippen molar-refractivity contribution in [3.8, 4) is 0 Å². The summed E-state index contributed by atoms with van der Waals surface area (Å²) in [4.78, 5) is 17.7. The standard InChI is InChI=1S/C27H28FN3O/c1-18(2)15-20-11-13-21(14-12-20)19(3)27-30-24-9-4-5-10-25(24)31(27)17-26(32)29-23-8-6-7-22(28)16-23/h4-14,16,18-19H,15,17H2,1-3H3,(H,29,32). The van der Waals surface area contributed by atoms with Gasteiger partial charge in [-0.25, -0.2) is 9.37 Å². The number of rotatable bonds is 7. The second-order valence-electron chi connectivity index (χ2n) is 8.66. The summed E-state index contributed by atoms with van der Waals surface area (Å²) in [7, 11) is 0. The minimum Gasteiger partial charge on any atom is -0.324 e. The highest BCUT2D eigenvalue weighted by molar-refractivity contribution is 5.91. The van der Waals surface area contributed by atoms with Gasteiger partial charge in [0, 0.05) is 11.6 Å². The molecule has 0 radical (unpaired) electrons. The highest BCUT2D eigenvalue weighted by Crippen LogP contribution is 2.28. The first-order valence-corrected chi connectivity index (χ1v) is 11.0. The first-order chi connectivity index (χ1) is 15.4. The second-order valence-corrected chi connectivity index (χ2v) is 8.66. The molecule has 164 valence electrons. The summed E-state index contributed by atoms with van der Waals surface area (Å²) in [6.45, 7) is 6.64. The van der Waals surface area contributed by atoms with Crippen LogP contribution < -0.4 is 5.32 Å². The molecule has 0 saturated heterocycles. The van der Waals surface area contributed by atoms with E-state index in [1.807, 2.05) is 28.8 Å². The summed E-state index contributed by atoms with van der Waals surface area (Å²) >= 11 is 0. The van der Waals surface area contributed by atoms with Crippen LogP contribution in [0.25, 0.3) is 11.0 Å². The zero-order valence-corrected chi connectivity index (χ0v) is 18.7. The minimum atomic E-state index is -0.383. The number of hydrogen-bond donors (Lipinski definition) is 1. The fourth-order valence-corrected chi connectivity index (χ4v) is 4.06. The summed E-state index contributed by atoms with van der Waals surface area (Å²) in [6, 6.07) is 22.4. The van der Waals surface area contributed by atoms with Crippen LogP contribution in [0.4, 0.5) is 10.1 Å². The van der Waals surface area contributed by atoms with Gasteiger partial charge < -0.3 is 9.88 Å². The van der Waals surface area contributed by atoms with E-state index in [0.717, 1.165) is 28.8 Å². The number of nitrogens with one attached hydrogen (secondary N) is 1. The Balaban J connectivity index is 1.63. The monoisotopic (exact) mass is 429 g/mol. The number of anilines is 1. The molecule has 1 atom stereocenters. The number of carbonyl (C=O) groups excluding carboxylic acids is 1. The lowest BCUT2D eigenvalue weighted by atomic mass is 9.96. The largest absolute Gasteiger partial charge is 0.324 e. The molecule has 0 aliphatic rings. The Morgan fingerprint density at radius 3 is 2.47 bits per heavy atom. The third-order valence-electron chi connectivity index (χ3n) is 5.61. The third kappa shape index (κ3) is 4.88. The predicted molar refractivity (Wildman–Crippen MR) is 127 cm³/mol. The summed E-state index contributed by atoms with van der Waals surface area (Å²) in [5.74, 6) is 0.847. The van der Waals surface area contributed by atoms with Gasteiger partial charge >= 0.3 is 0 Å². The van der Waals surface area contributed by atoms with Gasteiger partial charge in [-0.05, 0) is 53.8 Å². The lowest BCUT2D eigenvalue weighted by Gasteiger charge is -2.16. The van der Waals surface area contributed by atoms with Gasteiger partial charge in [0.25, 0.3) is 0 Å². The van der Waals surface area contributed by atoms with Gasteiger partial charge in [0.05, 0.1) is 11.0 Å². The van der Waals surface area contributed by atoms with Crippen molar-refractivity contribution in [1.82, 2.24) is 9.55 Å². The van der Waals surface area contributed by atoms with Crippen LogP contribution in [-0.2, 0) is 17.8 Å². The smallest absolute Gasteiger partial charge is 0.244 e. The van der Waals surface area contributed by atoms with Crippen LogP contribution in [-0.4, -0.2) is 15.5 Å². The van der Waals surface area contributed by atoms with Gasteiger partial charge in [-0.15, -0.1) is 0 Å². The Bertz CT molecular complexity index is 1230. The Hall–Kier alpha value is -3.47. The Labute approximate surface area is 188 Å². The molecule has 1 N–H and O–H groups in total. The fourth-order valence-electron chi connectivity index (χ4n) is 4.06. The molecule has 0 saturated carbocycles. The Kier molecular flexibility index (Phi) is 6.35. The second kappa shape index (κ2) is 9.35. The van der Waals surface area contributed by atoms with Crippen molar-refractivity contribution in [3.05, 3.63) is 95.6 Å². The van der Waals surface area contributed by atoms with Gasteiger partial charge in [-0.1, -0.05) is 63.2 Å². The Morgan fingerprint density at radius 1 is 1.00 bits per heavy atom. The van der Waals surface area contributed by atoms with Gasteiger partial charge in [0.1, 0.15) is 18.2 Å². The van der Waals surface area contributed by atoms with E-state index >= 15 is 0 Å². The van der Waals surface area contributed by atoms with E-state index in [9.17, 15) is 9.18 Å². The maximum Gasteiger partial charge on any atom is 0.244 e. The van der Waals surface area contributed by atoms with E-state index in [4.69, 9.17) is 4.98 Å². The predicted octanol–water partition coefficient (Wildman–Crippen LogP) is 6.16. The summed E-state index contributed by atoms with van der Waals surface area (Å²) < 4.78 is 15.4. The van der Waals surface area contributed by atoms with Crippen LogP contribution in [0.5, 0.6) is 0 Å². The first-order valence-electron chi connectivity index (χ1n) is 11.0. The number of carbonyl (C=O) groups is 1. The molecule has 1 aromatic heterocycles. The van der Waals surface area contributed by atoms with E-state index in [1.165, 1.54) is 17.7 Å². The van der Waals surface area contributed by atoms with Gasteiger partial charge in [0.2, 0.25) is 5.91 Å². The SMILES string of the molecule is CC(C)Cc1ccc(C(C)c2nc3ccccc3n2CC(=O)Nc2cccc(F)c2)cc1. The van der Waals surface area contributed by atoms with Gasteiger partial charge in [-0.2, -0.15) is 0 Å². The molecule has 32 heavy (non-hydrogen) atoms. The van der Waals surface area contributed by atoms with Crippen LogP contribution >= 0.6 is 0 Å². The molecular formula is C27H28FN3O. The number of aromatic nitrogens is 2. The molecule has 0 aliphatic carbocycles. The maximum atomic E-state index is 13.5. The number of imidazole rings is 1. The Morgan fingerprint density at radius 2 is 1.75 bits per heavy atom. The molecule has 3 aromatic carbocycles. The van der Waals surface area contributed by atoms with Crippen molar-refractivity contribution >= 4 is 22.6 Å². The topological polar surface area (TPSA) is 46.9 Å². The van der Waals surface area contributed by atoms with E-state index in [2.05, 4.69) is 50.4 Å². The molecule has 5 heteroatoms. The van der Waals surface area contributed by atoms with Crippen LogP contribution in [0.1, 0.15) is 43.6 Å². The first kappa shape index (κ1) is 21.8. The number of benzene rings is 3. The molecule has 4 nitrogen and oxygen atoms in total. The van der Waals surface area contributed by atoms with Crippen molar-refractivity contribution in [1.29, 1.82) is 0 Å². The van der Waals surface area contributed by atoms with Crippen molar-refractivity contribution in [3.63, 3.8) is 0 Å². The molecule has 1 unspecified atom stereocenters. The molecule has 4 rings (SSSR count). The molecule has 0 fully saturated rings. The van der Waals surface area contributed by atoms with Crippen LogP contribution in [0.3, 0.4) is 0 Å². The molecule has 4 aromatic rings. The normalized spacial score (nSPS) is 12.3. The molecule has 1 heterocycles.